The number of carbonyl (C=O) groups excluding carboxylic acids is 2. The first-order valence-electron chi connectivity index (χ1n) is 7.37. The van der Waals surface area contributed by atoms with Crippen molar-refractivity contribution in [3.05, 3.63) is 35.9 Å². The molecular formula is C17H21NO4. The van der Waals surface area contributed by atoms with Crippen molar-refractivity contribution in [1.29, 1.82) is 0 Å². The second kappa shape index (κ2) is 7.75. The Labute approximate surface area is 130 Å². The predicted octanol–water partition coefficient (Wildman–Crippen LogP) is 2.77. The fraction of sp³-hybridized carbons (Fsp3) is 0.412. The van der Waals surface area contributed by atoms with E-state index in [9.17, 15) is 9.59 Å². The molecule has 2 atom stereocenters. The first-order valence-corrected chi connectivity index (χ1v) is 7.37. The molecule has 0 spiro atoms. The predicted molar refractivity (Wildman–Crippen MR) is 84.3 cm³/mol. The van der Waals surface area contributed by atoms with Crippen LogP contribution in [0.5, 0.6) is 0 Å². The number of benzene rings is 1. The van der Waals surface area contributed by atoms with Crippen LogP contribution in [0.1, 0.15) is 31.7 Å². The van der Waals surface area contributed by atoms with Gasteiger partial charge in [0.25, 0.3) is 0 Å². The van der Waals surface area contributed by atoms with Gasteiger partial charge in [0, 0.05) is 25.8 Å². The van der Waals surface area contributed by atoms with Gasteiger partial charge < -0.3 is 14.8 Å². The third-order valence-electron chi connectivity index (χ3n) is 3.61. The monoisotopic (exact) mass is 303 g/mol. The number of ether oxygens (including phenoxy) is 2. The molecule has 5 nitrogen and oxygen atoms in total. The number of carbonyl (C=O) groups is 2. The maximum atomic E-state index is 11.8. The van der Waals surface area contributed by atoms with Crippen molar-refractivity contribution in [2.45, 2.75) is 38.4 Å². The van der Waals surface area contributed by atoms with E-state index in [0.29, 0.717) is 0 Å². The van der Waals surface area contributed by atoms with Crippen LogP contribution in [0.4, 0.5) is 5.69 Å². The highest BCUT2D eigenvalue weighted by molar-refractivity contribution is 5.89. The van der Waals surface area contributed by atoms with Gasteiger partial charge in [-0.15, -0.1) is 0 Å². The van der Waals surface area contributed by atoms with Gasteiger partial charge in [0.15, 0.2) is 0 Å². The van der Waals surface area contributed by atoms with Crippen LogP contribution in [-0.2, 0) is 19.1 Å². The minimum absolute atomic E-state index is 0.00860. The molecule has 0 saturated heterocycles. The first kappa shape index (κ1) is 16.2. The summed E-state index contributed by atoms with van der Waals surface area (Å²) < 4.78 is 10.7. The van der Waals surface area contributed by atoms with Crippen molar-refractivity contribution >= 4 is 23.6 Å². The van der Waals surface area contributed by atoms with Crippen LogP contribution < -0.4 is 5.32 Å². The van der Waals surface area contributed by atoms with Crippen molar-refractivity contribution in [1.82, 2.24) is 0 Å². The molecule has 0 bridgehead atoms. The molecule has 0 unspecified atom stereocenters. The van der Waals surface area contributed by atoms with Gasteiger partial charge >= 0.3 is 5.97 Å². The maximum Gasteiger partial charge on any atom is 0.331 e. The minimum atomic E-state index is -0.361. The molecule has 118 valence electrons. The number of amides is 1. The number of hydrogen-bond donors (Lipinski definition) is 1. The molecule has 22 heavy (non-hydrogen) atoms. The zero-order valence-corrected chi connectivity index (χ0v) is 12.9. The highest BCUT2D eigenvalue weighted by Gasteiger charge is 2.29. The van der Waals surface area contributed by atoms with Crippen LogP contribution in [0, 0.1) is 0 Å². The molecule has 1 aliphatic carbocycles. The van der Waals surface area contributed by atoms with E-state index in [1.54, 1.807) is 25.3 Å². The van der Waals surface area contributed by atoms with Crippen molar-refractivity contribution in [2.75, 3.05) is 12.4 Å². The summed E-state index contributed by atoms with van der Waals surface area (Å²) >= 11 is 0. The van der Waals surface area contributed by atoms with E-state index in [1.807, 2.05) is 12.1 Å². The molecule has 1 amide bonds. The van der Waals surface area contributed by atoms with Crippen molar-refractivity contribution in [2.24, 2.45) is 0 Å². The molecule has 1 saturated carbocycles. The Bertz CT molecular complexity index is 550. The standard InChI is InChI=1S/C17H21NO4/c1-12(19)18-14-9-6-13(7-10-14)8-11-17(20)22-16-5-3-4-15(16)21-2/h6-11,15-16H,3-5H2,1-2H3,(H,18,19)/b11-8+/t15-,16-/m0/s1. The number of esters is 1. The minimum Gasteiger partial charge on any atom is -0.456 e. The number of nitrogens with one attached hydrogen (secondary N) is 1. The normalized spacial score (nSPS) is 21.0. The fourth-order valence-corrected chi connectivity index (χ4v) is 2.53. The average molecular weight is 303 g/mol. The van der Waals surface area contributed by atoms with Crippen molar-refractivity contribution in [3.63, 3.8) is 0 Å². The summed E-state index contributed by atoms with van der Waals surface area (Å²) in [5, 5.41) is 2.69. The maximum absolute atomic E-state index is 11.8. The van der Waals surface area contributed by atoms with E-state index in [-0.39, 0.29) is 24.1 Å². The molecule has 5 heteroatoms. The van der Waals surface area contributed by atoms with E-state index in [4.69, 9.17) is 9.47 Å². The van der Waals surface area contributed by atoms with Gasteiger partial charge in [-0.25, -0.2) is 4.79 Å². The van der Waals surface area contributed by atoms with Gasteiger partial charge in [-0.2, -0.15) is 0 Å². The highest BCUT2D eigenvalue weighted by Crippen LogP contribution is 2.24. The molecule has 2 rings (SSSR count). The smallest absolute Gasteiger partial charge is 0.331 e. The Hall–Kier alpha value is -2.14. The first-order chi connectivity index (χ1) is 10.6. The molecule has 0 heterocycles. The molecule has 0 aliphatic heterocycles. The summed E-state index contributed by atoms with van der Waals surface area (Å²) in [6.45, 7) is 1.46. The fourth-order valence-electron chi connectivity index (χ4n) is 2.53. The van der Waals surface area contributed by atoms with Crippen LogP contribution in [-0.4, -0.2) is 31.2 Å². The van der Waals surface area contributed by atoms with Gasteiger partial charge in [-0.1, -0.05) is 12.1 Å². The molecule has 0 radical (unpaired) electrons. The molecule has 0 aromatic heterocycles. The average Bonchev–Trinajstić information content (AvgIpc) is 2.93. The Balaban J connectivity index is 1.88. The lowest BCUT2D eigenvalue weighted by Crippen LogP contribution is -2.26. The third-order valence-corrected chi connectivity index (χ3v) is 3.61. The third kappa shape index (κ3) is 4.70. The number of anilines is 1. The molecule has 1 aromatic rings. The lowest BCUT2D eigenvalue weighted by atomic mass is 10.2. The van der Waals surface area contributed by atoms with Gasteiger partial charge in [0.05, 0.1) is 6.10 Å². The van der Waals surface area contributed by atoms with Crippen LogP contribution in [0.25, 0.3) is 6.08 Å². The van der Waals surface area contributed by atoms with Gasteiger partial charge in [0.1, 0.15) is 6.10 Å². The summed E-state index contributed by atoms with van der Waals surface area (Å²) in [5.74, 6) is -0.476. The Kier molecular flexibility index (Phi) is 5.72. The zero-order chi connectivity index (χ0) is 15.9. The SMILES string of the molecule is CO[C@H]1CCC[C@@H]1OC(=O)/C=C/c1ccc(NC(C)=O)cc1. The Morgan fingerprint density at radius 3 is 2.50 bits per heavy atom. The van der Waals surface area contributed by atoms with E-state index < -0.39 is 0 Å². The Morgan fingerprint density at radius 1 is 1.18 bits per heavy atom. The van der Waals surface area contributed by atoms with Crippen LogP contribution in [0.3, 0.4) is 0 Å². The number of rotatable bonds is 5. The van der Waals surface area contributed by atoms with Crippen LogP contribution in [0.2, 0.25) is 0 Å². The summed E-state index contributed by atoms with van der Waals surface area (Å²) in [4.78, 5) is 22.8. The van der Waals surface area contributed by atoms with E-state index in [0.717, 1.165) is 30.5 Å². The lowest BCUT2D eigenvalue weighted by molar-refractivity contribution is -0.148. The molecule has 1 aromatic carbocycles. The largest absolute Gasteiger partial charge is 0.456 e. The van der Waals surface area contributed by atoms with Crippen molar-refractivity contribution in [3.8, 4) is 0 Å². The van der Waals surface area contributed by atoms with Crippen LogP contribution in [0.15, 0.2) is 30.3 Å². The number of methoxy groups -OCH3 is 1. The van der Waals surface area contributed by atoms with Gasteiger partial charge in [0.2, 0.25) is 5.91 Å². The molecule has 1 aliphatic rings. The van der Waals surface area contributed by atoms with Crippen molar-refractivity contribution < 1.29 is 19.1 Å². The zero-order valence-electron chi connectivity index (χ0n) is 12.9. The summed E-state index contributed by atoms with van der Waals surface area (Å²) in [6, 6.07) is 7.21. The summed E-state index contributed by atoms with van der Waals surface area (Å²) in [5.41, 5.74) is 1.59. The van der Waals surface area contributed by atoms with Gasteiger partial charge in [-0.3, -0.25) is 4.79 Å². The van der Waals surface area contributed by atoms with E-state index >= 15 is 0 Å². The Morgan fingerprint density at radius 2 is 1.86 bits per heavy atom. The van der Waals surface area contributed by atoms with Gasteiger partial charge in [-0.05, 0) is 43.0 Å². The summed E-state index contributed by atoms with van der Waals surface area (Å²) in [7, 11) is 1.64. The molecule has 1 fully saturated rings. The highest BCUT2D eigenvalue weighted by atomic mass is 16.6. The topological polar surface area (TPSA) is 64.6 Å². The lowest BCUT2D eigenvalue weighted by Gasteiger charge is -2.17. The van der Waals surface area contributed by atoms with E-state index in [1.165, 1.54) is 13.0 Å². The second-order valence-corrected chi connectivity index (χ2v) is 5.32. The quantitative estimate of drug-likeness (QED) is 0.671. The van der Waals surface area contributed by atoms with Crippen LogP contribution >= 0.6 is 0 Å². The summed E-state index contributed by atoms with van der Waals surface area (Å²) in [6.07, 6.45) is 5.77. The van der Waals surface area contributed by atoms with E-state index in [2.05, 4.69) is 5.32 Å². The number of hydrogen-bond acceptors (Lipinski definition) is 4. The molecular weight excluding hydrogens is 282 g/mol. The molecule has 1 N–H and O–H groups in total. The second-order valence-electron chi connectivity index (χ2n) is 5.32.